The molecule has 2 aromatic carbocycles. The summed E-state index contributed by atoms with van der Waals surface area (Å²) in [5.41, 5.74) is 3.23. The van der Waals surface area contributed by atoms with Crippen molar-refractivity contribution in [2.45, 2.75) is 0 Å². The number of hydrazone groups is 1. The van der Waals surface area contributed by atoms with Gasteiger partial charge in [0.2, 0.25) is 0 Å². The molecule has 11 heteroatoms. The Hall–Kier alpha value is -4.28. The van der Waals surface area contributed by atoms with Gasteiger partial charge in [-0.05, 0) is 42.0 Å². The zero-order chi connectivity index (χ0) is 24.2. The molecule has 2 rings (SSSR count). The molecular weight excluding hydrogens is 434 g/mol. The maximum absolute atomic E-state index is 12.2. The normalized spacial score (nSPS) is 10.3. The van der Waals surface area contributed by atoms with Crippen molar-refractivity contribution in [1.29, 1.82) is 0 Å². The molecule has 0 saturated carbocycles. The highest BCUT2D eigenvalue weighted by Gasteiger charge is 2.12. The second-order valence-corrected chi connectivity index (χ2v) is 6.32. The molecule has 33 heavy (non-hydrogen) atoms. The summed E-state index contributed by atoms with van der Waals surface area (Å²) in [5.74, 6) is 0.103. The highest BCUT2D eigenvalue weighted by atomic mass is 16.6. The first kappa shape index (κ1) is 25.0. The zero-order valence-electron chi connectivity index (χ0n) is 18.7. The number of amides is 2. The van der Waals surface area contributed by atoms with Gasteiger partial charge in [0.15, 0.2) is 29.6 Å². The van der Waals surface area contributed by atoms with E-state index < -0.39 is 17.8 Å². The van der Waals surface area contributed by atoms with Crippen molar-refractivity contribution in [3.8, 4) is 23.0 Å². The summed E-state index contributed by atoms with van der Waals surface area (Å²) in [6.45, 7) is -0.542. The van der Waals surface area contributed by atoms with E-state index in [0.717, 1.165) is 0 Å². The minimum atomic E-state index is -0.524. The topological polar surface area (TPSA) is 134 Å². The summed E-state index contributed by atoms with van der Waals surface area (Å²) in [5, 5.41) is 6.35. The third-order valence-corrected chi connectivity index (χ3v) is 4.22. The van der Waals surface area contributed by atoms with Gasteiger partial charge in [0.25, 0.3) is 11.8 Å². The zero-order valence-corrected chi connectivity index (χ0v) is 18.7. The van der Waals surface area contributed by atoms with Crippen LogP contribution in [0.1, 0.15) is 15.9 Å². The molecule has 0 heterocycles. The van der Waals surface area contributed by atoms with Crippen LogP contribution in [0.4, 0.5) is 0 Å². The number of carbonyl (C=O) groups is 3. The second kappa shape index (κ2) is 12.5. The lowest BCUT2D eigenvalue weighted by Gasteiger charge is -2.10. The van der Waals surface area contributed by atoms with Gasteiger partial charge in [-0.2, -0.15) is 5.10 Å². The Morgan fingerprint density at radius 3 is 2.21 bits per heavy atom. The minimum Gasteiger partial charge on any atom is -0.493 e. The average Bonchev–Trinajstić information content (AvgIpc) is 2.85. The molecule has 0 unspecified atom stereocenters. The lowest BCUT2D eigenvalue weighted by atomic mass is 10.2. The lowest BCUT2D eigenvalue weighted by molar-refractivity contribution is -0.142. The molecule has 0 aliphatic heterocycles. The first-order valence-corrected chi connectivity index (χ1v) is 9.61. The molecule has 0 spiro atoms. The summed E-state index contributed by atoms with van der Waals surface area (Å²) in [7, 11) is 5.66. The molecule has 0 fully saturated rings. The van der Waals surface area contributed by atoms with E-state index in [1.165, 1.54) is 40.7 Å². The van der Waals surface area contributed by atoms with Crippen molar-refractivity contribution < 1.29 is 38.1 Å². The van der Waals surface area contributed by atoms with Gasteiger partial charge in [0.1, 0.15) is 0 Å². The van der Waals surface area contributed by atoms with E-state index in [2.05, 4.69) is 20.6 Å². The fourth-order valence-corrected chi connectivity index (χ4v) is 2.54. The number of esters is 1. The van der Waals surface area contributed by atoms with Gasteiger partial charge in [-0.15, -0.1) is 0 Å². The van der Waals surface area contributed by atoms with Gasteiger partial charge in [-0.1, -0.05) is 0 Å². The Morgan fingerprint density at radius 2 is 1.55 bits per heavy atom. The van der Waals surface area contributed by atoms with Crippen molar-refractivity contribution >= 4 is 24.0 Å². The van der Waals surface area contributed by atoms with Crippen LogP contribution in [0.2, 0.25) is 0 Å². The predicted octanol–water partition coefficient (Wildman–Crippen LogP) is 1.14. The Labute approximate surface area is 190 Å². The molecule has 0 radical (unpaired) electrons. The smallest absolute Gasteiger partial charge is 0.343 e. The maximum atomic E-state index is 12.2. The lowest BCUT2D eigenvalue weighted by Crippen LogP contribution is -2.34. The first-order valence-electron chi connectivity index (χ1n) is 9.61. The van der Waals surface area contributed by atoms with E-state index in [4.69, 9.17) is 18.9 Å². The summed E-state index contributed by atoms with van der Waals surface area (Å²) in [6.07, 6.45) is 1.39. The van der Waals surface area contributed by atoms with Gasteiger partial charge in [-0.3, -0.25) is 9.59 Å². The fourth-order valence-electron chi connectivity index (χ4n) is 2.54. The molecular formula is C22H25N3O8. The molecule has 11 nitrogen and oxygen atoms in total. The van der Waals surface area contributed by atoms with Crippen molar-refractivity contribution in [2.24, 2.45) is 5.10 Å². The van der Waals surface area contributed by atoms with Crippen LogP contribution in [-0.4, -0.2) is 65.6 Å². The Balaban J connectivity index is 1.88. The number of carbonyl (C=O) groups excluding carboxylic acids is 3. The Kier molecular flexibility index (Phi) is 9.50. The first-order chi connectivity index (χ1) is 15.9. The highest BCUT2D eigenvalue weighted by molar-refractivity contribution is 5.97. The quantitative estimate of drug-likeness (QED) is 0.290. The summed E-state index contributed by atoms with van der Waals surface area (Å²) in [4.78, 5) is 35.4. The van der Waals surface area contributed by atoms with Crippen LogP contribution in [0, 0.1) is 0 Å². The molecule has 2 aromatic rings. The van der Waals surface area contributed by atoms with E-state index >= 15 is 0 Å². The second-order valence-electron chi connectivity index (χ2n) is 6.32. The van der Waals surface area contributed by atoms with Gasteiger partial charge in [-0.25, -0.2) is 10.2 Å². The molecule has 0 bridgehead atoms. The third kappa shape index (κ3) is 7.42. The van der Waals surface area contributed by atoms with Crippen LogP contribution < -0.4 is 29.7 Å². The number of benzene rings is 2. The van der Waals surface area contributed by atoms with Crippen molar-refractivity contribution in [2.75, 3.05) is 41.6 Å². The number of hydrogen-bond donors (Lipinski definition) is 2. The SMILES string of the molecule is COC(=O)COc1ccc(/C=N/NC(=O)CNC(=O)c2ccc(OC)c(OC)c2)cc1OC. The molecule has 2 amide bonds. The van der Waals surface area contributed by atoms with E-state index in [1.807, 2.05) is 0 Å². The van der Waals surface area contributed by atoms with Crippen LogP contribution in [0.25, 0.3) is 0 Å². The number of methoxy groups -OCH3 is 4. The monoisotopic (exact) mass is 459 g/mol. The van der Waals surface area contributed by atoms with Crippen LogP contribution in [0.3, 0.4) is 0 Å². The number of rotatable bonds is 11. The van der Waals surface area contributed by atoms with E-state index in [1.54, 1.807) is 30.3 Å². The van der Waals surface area contributed by atoms with Crippen LogP contribution in [-0.2, 0) is 14.3 Å². The third-order valence-electron chi connectivity index (χ3n) is 4.22. The predicted molar refractivity (Wildman–Crippen MR) is 118 cm³/mol. The largest absolute Gasteiger partial charge is 0.493 e. The van der Waals surface area contributed by atoms with Crippen molar-refractivity contribution in [3.63, 3.8) is 0 Å². The van der Waals surface area contributed by atoms with Gasteiger partial charge >= 0.3 is 5.97 Å². The standard InChI is InChI=1S/C22H25N3O8/c1-29-16-8-6-15(10-19(16)31-3)22(28)23-12-20(26)25-24-11-14-5-7-17(18(9-14)30-2)33-13-21(27)32-4/h5-11H,12-13H2,1-4H3,(H,23,28)(H,25,26)/b24-11+. The fraction of sp³-hybridized carbons (Fsp3) is 0.273. The van der Waals surface area contributed by atoms with Crippen LogP contribution in [0.15, 0.2) is 41.5 Å². The number of nitrogens with one attached hydrogen (secondary N) is 2. The summed E-state index contributed by atoms with van der Waals surface area (Å²) < 4.78 is 25.4. The molecule has 0 saturated heterocycles. The highest BCUT2D eigenvalue weighted by Crippen LogP contribution is 2.28. The van der Waals surface area contributed by atoms with Crippen LogP contribution >= 0.6 is 0 Å². The maximum Gasteiger partial charge on any atom is 0.343 e. The Morgan fingerprint density at radius 1 is 0.879 bits per heavy atom. The van der Waals surface area contributed by atoms with E-state index in [9.17, 15) is 14.4 Å². The molecule has 0 aromatic heterocycles. The number of nitrogens with zero attached hydrogens (tertiary/aromatic N) is 1. The summed E-state index contributed by atoms with van der Waals surface area (Å²) in [6, 6.07) is 9.52. The van der Waals surface area contributed by atoms with Gasteiger partial charge < -0.3 is 29.0 Å². The molecule has 0 atom stereocenters. The number of hydrogen-bond acceptors (Lipinski definition) is 9. The molecule has 176 valence electrons. The number of ether oxygens (including phenoxy) is 5. The minimum absolute atomic E-state index is 0.259. The molecule has 0 aliphatic carbocycles. The summed E-state index contributed by atoms with van der Waals surface area (Å²) >= 11 is 0. The van der Waals surface area contributed by atoms with E-state index in [0.29, 0.717) is 34.1 Å². The van der Waals surface area contributed by atoms with E-state index in [-0.39, 0.29) is 13.2 Å². The Bertz CT molecular complexity index is 1020. The van der Waals surface area contributed by atoms with Gasteiger partial charge in [0.05, 0.1) is 41.2 Å². The molecule has 0 aliphatic rings. The molecule has 2 N–H and O–H groups in total. The van der Waals surface area contributed by atoms with Gasteiger partial charge in [0, 0.05) is 5.56 Å². The van der Waals surface area contributed by atoms with Crippen molar-refractivity contribution in [1.82, 2.24) is 10.7 Å². The average molecular weight is 459 g/mol. The van der Waals surface area contributed by atoms with Crippen molar-refractivity contribution in [3.05, 3.63) is 47.5 Å². The van der Waals surface area contributed by atoms with Crippen LogP contribution in [0.5, 0.6) is 23.0 Å².